The third-order valence-corrected chi connectivity index (χ3v) is 7.42. The molecule has 36 heavy (non-hydrogen) atoms. The molecule has 0 aliphatic carbocycles. The number of anilines is 1. The number of esters is 2. The zero-order chi connectivity index (χ0) is 26.6. The summed E-state index contributed by atoms with van der Waals surface area (Å²) >= 11 is 5.71. The Labute approximate surface area is 211 Å². The van der Waals surface area contributed by atoms with Crippen LogP contribution in [-0.4, -0.2) is 55.9 Å². The summed E-state index contributed by atoms with van der Waals surface area (Å²) < 4.78 is 66.3. The van der Waals surface area contributed by atoms with Crippen molar-refractivity contribution in [3.8, 4) is 0 Å². The first-order valence-electron chi connectivity index (χ1n) is 10.8. The lowest BCUT2D eigenvalue weighted by atomic mass is 10.1. The number of rotatable bonds is 6. The van der Waals surface area contributed by atoms with Crippen LogP contribution < -0.4 is 5.32 Å². The number of nitrogens with one attached hydrogen (secondary N) is 1. The van der Waals surface area contributed by atoms with Crippen LogP contribution >= 0.6 is 11.6 Å². The van der Waals surface area contributed by atoms with Crippen LogP contribution in [0.5, 0.6) is 0 Å². The number of benzene rings is 2. The molecule has 2 atom stereocenters. The van der Waals surface area contributed by atoms with Crippen molar-refractivity contribution >= 4 is 45.2 Å². The molecule has 1 saturated heterocycles. The summed E-state index contributed by atoms with van der Waals surface area (Å²) in [6.07, 6.45) is -1.27. The molecule has 1 amide bonds. The lowest BCUT2D eigenvalue weighted by molar-refractivity contribution is -0.148. The average molecular weight is 545 g/mol. The van der Waals surface area contributed by atoms with E-state index in [0.717, 1.165) is 34.6 Å². The summed E-state index contributed by atoms with van der Waals surface area (Å²) in [4.78, 5) is 34.8. The number of sulfonamides is 1. The molecule has 0 bridgehead atoms. The molecule has 1 aliphatic rings. The molecule has 0 aromatic heterocycles. The molecule has 2 aromatic carbocycles. The van der Waals surface area contributed by atoms with Crippen LogP contribution in [0.15, 0.2) is 41.3 Å². The van der Waals surface area contributed by atoms with Gasteiger partial charge in [0, 0.05) is 25.1 Å². The van der Waals surface area contributed by atoms with Crippen molar-refractivity contribution in [2.45, 2.75) is 43.8 Å². The molecule has 0 radical (unpaired) electrons. The predicted molar refractivity (Wildman–Crippen MR) is 125 cm³/mol. The molecule has 1 fully saturated rings. The van der Waals surface area contributed by atoms with Gasteiger partial charge in [0.25, 0.3) is 5.91 Å². The van der Waals surface area contributed by atoms with Gasteiger partial charge in [-0.25, -0.2) is 17.2 Å². The number of hydrogen-bond donors (Lipinski definition) is 1. The normalized spacial score (nSPS) is 18.7. The fourth-order valence-corrected chi connectivity index (χ4v) is 5.47. The maximum Gasteiger partial charge on any atom is 0.302 e. The van der Waals surface area contributed by atoms with Crippen LogP contribution in [0.1, 0.15) is 37.0 Å². The molecule has 1 aliphatic heterocycles. The van der Waals surface area contributed by atoms with Crippen LogP contribution in [0.25, 0.3) is 0 Å². The van der Waals surface area contributed by atoms with Crippen molar-refractivity contribution in [2.24, 2.45) is 0 Å². The summed E-state index contributed by atoms with van der Waals surface area (Å²) in [7, 11) is -4.57. The average Bonchev–Trinajstić information content (AvgIpc) is 2.98. The van der Waals surface area contributed by atoms with E-state index in [2.05, 4.69) is 5.32 Å². The minimum atomic E-state index is -4.57. The second kappa shape index (κ2) is 11.3. The lowest BCUT2D eigenvalue weighted by Gasteiger charge is -2.25. The molecule has 1 unspecified atom stereocenters. The van der Waals surface area contributed by atoms with E-state index in [4.69, 9.17) is 21.1 Å². The summed E-state index contributed by atoms with van der Waals surface area (Å²) in [6, 6.07) is 6.22. The third kappa shape index (κ3) is 6.77. The van der Waals surface area contributed by atoms with E-state index in [-0.39, 0.29) is 42.2 Å². The van der Waals surface area contributed by atoms with Gasteiger partial charge in [0.2, 0.25) is 10.0 Å². The van der Waals surface area contributed by atoms with Gasteiger partial charge in [-0.15, -0.1) is 0 Å². The zero-order valence-electron chi connectivity index (χ0n) is 19.3. The Morgan fingerprint density at radius 2 is 1.50 bits per heavy atom. The van der Waals surface area contributed by atoms with E-state index in [1.165, 1.54) is 19.9 Å². The van der Waals surface area contributed by atoms with Crippen LogP contribution in [-0.2, 0) is 29.1 Å². The number of nitrogens with zero attached hydrogens (tertiary/aromatic N) is 1. The van der Waals surface area contributed by atoms with Gasteiger partial charge >= 0.3 is 11.9 Å². The van der Waals surface area contributed by atoms with Crippen LogP contribution in [0.2, 0.25) is 5.02 Å². The SMILES string of the molecule is CC(=O)OC1CC[C@H](OC(C)=O)CN(S(=O)(=O)c2cc(C(=O)Nc3ccc(F)c(Cl)c3)ccc2F)C1. The van der Waals surface area contributed by atoms with Gasteiger partial charge in [0.05, 0.1) is 18.1 Å². The maximum absolute atomic E-state index is 14.8. The molecule has 0 saturated carbocycles. The van der Waals surface area contributed by atoms with Gasteiger partial charge < -0.3 is 14.8 Å². The highest BCUT2D eigenvalue weighted by molar-refractivity contribution is 7.89. The third-order valence-electron chi connectivity index (χ3n) is 5.28. The Bertz CT molecular complexity index is 1260. The maximum atomic E-state index is 14.8. The largest absolute Gasteiger partial charge is 0.461 e. The Kier molecular flexibility index (Phi) is 8.64. The van der Waals surface area contributed by atoms with Crippen molar-refractivity contribution in [1.29, 1.82) is 0 Å². The number of carbonyl (C=O) groups excluding carboxylic acids is 3. The van der Waals surface area contributed by atoms with Gasteiger partial charge in [-0.1, -0.05) is 11.6 Å². The quantitative estimate of drug-likeness (QED) is 0.553. The highest BCUT2D eigenvalue weighted by Gasteiger charge is 2.36. The lowest BCUT2D eigenvalue weighted by Crippen LogP contribution is -2.41. The number of amides is 1. The molecule has 194 valence electrons. The molecule has 13 heteroatoms. The van der Waals surface area contributed by atoms with Crippen molar-refractivity contribution < 1.29 is 41.1 Å². The number of ether oxygens (including phenoxy) is 2. The molecule has 0 spiro atoms. The summed E-state index contributed by atoms with van der Waals surface area (Å²) in [6.45, 7) is 1.74. The van der Waals surface area contributed by atoms with Crippen molar-refractivity contribution in [3.05, 3.63) is 58.6 Å². The summed E-state index contributed by atoms with van der Waals surface area (Å²) in [5.41, 5.74) is -0.0561. The Hall–Kier alpha value is -3.09. The van der Waals surface area contributed by atoms with Crippen LogP contribution in [0, 0.1) is 11.6 Å². The summed E-state index contributed by atoms with van der Waals surface area (Å²) in [5.74, 6) is -3.86. The second-order valence-electron chi connectivity index (χ2n) is 8.09. The fraction of sp³-hybridized carbons (Fsp3) is 0.348. The molecular weight excluding hydrogens is 522 g/mol. The van der Waals surface area contributed by atoms with Gasteiger partial charge in [-0.05, 0) is 49.2 Å². The van der Waals surface area contributed by atoms with Crippen molar-refractivity contribution in [1.82, 2.24) is 4.31 Å². The van der Waals surface area contributed by atoms with E-state index in [1.807, 2.05) is 0 Å². The molecule has 2 aromatic rings. The minimum Gasteiger partial charge on any atom is -0.461 e. The highest BCUT2D eigenvalue weighted by atomic mass is 35.5. The minimum absolute atomic E-state index is 0.140. The van der Waals surface area contributed by atoms with Gasteiger partial charge in [0.15, 0.2) is 0 Å². The highest BCUT2D eigenvalue weighted by Crippen LogP contribution is 2.27. The van der Waals surface area contributed by atoms with Crippen molar-refractivity contribution in [2.75, 3.05) is 18.4 Å². The second-order valence-corrected chi connectivity index (χ2v) is 10.4. The molecule has 1 heterocycles. The van der Waals surface area contributed by atoms with Crippen LogP contribution in [0.4, 0.5) is 14.5 Å². The first-order chi connectivity index (χ1) is 16.9. The number of halogens is 3. The first-order valence-corrected chi connectivity index (χ1v) is 12.6. The first kappa shape index (κ1) is 27.5. The molecular formula is C23H23ClF2N2O7S. The van der Waals surface area contributed by atoms with E-state index < -0.39 is 56.6 Å². The monoisotopic (exact) mass is 544 g/mol. The standard InChI is InChI=1S/C23H23ClF2N2O7S/c1-13(29)34-17-5-6-18(35-14(2)30)12-28(11-17)36(32,33)22-9-15(3-7-21(22)26)23(31)27-16-4-8-20(25)19(24)10-16/h3-4,7-10,17-18H,5-6,11-12H2,1-2H3,(H,27,31)/t17-,18?/m0/s1. The molecule has 1 N–H and O–H groups in total. The van der Waals surface area contributed by atoms with Gasteiger partial charge in [-0.2, -0.15) is 4.31 Å². The van der Waals surface area contributed by atoms with E-state index in [0.29, 0.717) is 0 Å². The fourth-order valence-electron chi connectivity index (χ4n) is 3.70. The van der Waals surface area contributed by atoms with E-state index in [9.17, 15) is 31.6 Å². The van der Waals surface area contributed by atoms with E-state index in [1.54, 1.807) is 0 Å². The van der Waals surface area contributed by atoms with Crippen molar-refractivity contribution in [3.63, 3.8) is 0 Å². The van der Waals surface area contributed by atoms with Gasteiger partial charge in [0.1, 0.15) is 28.7 Å². The smallest absolute Gasteiger partial charge is 0.302 e. The Morgan fingerprint density at radius 3 is 2.03 bits per heavy atom. The zero-order valence-corrected chi connectivity index (χ0v) is 20.9. The van der Waals surface area contributed by atoms with Crippen LogP contribution in [0.3, 0.4) is 0 Å². The number of carbonyl (C=O) groups is 3. The van der Waals surface area contributed by atoms with Gasteiger partial charge in [-0.3, -0.25) is 14.4 Å². The molecule has 3 rings (SSSR count). The molecule has 9 nitrogen and oxygen atoms in total. The summed E-state index contributed by atoms with van der Waals surface area (Å²) in [5, 5.41) is 2.20. The Morgan fingerprint density at radius 1 is 0.944 bits per heavy atom. The Balaban J connectivity index is 1.92. The predicted octanol–water partition coefficient (Wildman–Crippen LogP) is 3.52. The topological polar surface area (TPSA) is 119 Å². The van der Waals surface area contributed by atoms with E-state index >= 15 is 0 Å². The number of hydrogen-bond acceptors (Lipinski definition) is 7.